The Labute approximate surface area is 461 Å². The summed E-state index contributed by atoms with van der Waals surface area (Å²) in [5, 5.41) is 64.5. The van der Waals surface area contributed by atoms with E-state index in [2.05, 4.69) is 19.2 Å². The SMILES string of the molecule is CCCCCCCCCCCCCCCCCCCCCCCCCCCCCCCCCCCC(=O)N[C@@H](COP(=O)(O)OC1C(O)C(O)C(O)[C@@H](O)C1O)[C@H](O)CCCCCCCCCCCCCCCCC. The Kier molecular flexibility index (Phi) is 49.7. The summed E-state index contributed by atoms with van der Waals surface area (Å²) in [5.74, 6) is -0.299. The van der Waals surface area contributed by atoms with Gasteiger partial charge in [-0.3, -0.25) is 13.8 Å². The van der Waals surface area contributed by atoms with Crippen LogP contribution in [0.25, 0.3) is 0 Å². The van der Waals surface area contributed by atoms with Gasteiger partial charge in [-0.25, -0.2) is 4.57 Å². The zero-order valence-electron chi connectivity index (χ0n) is 48.9. The summed E-state index contributed by atoms with van der Waals surface area (Å²) < 4.78 is 23.1. The summed E-state index contributed by atoms with van der Waals surface area (Å²) in [6, 6.07) is -1.03. The van der Waals surface area contributed by atoms with Gasteiger partial charge in [0, 0.05) is 6.42 Å². The lowest BCUT2D eigenvalue weighted by atomic mass is 9.85. The van der Waals surface area contributed by atoms with Gasteiger partial charge in [-0.05, 0) is 12.8 Å². The molecular weight excluding hydrogens is 966 g/mol. The summed E-state index contributed by atoms with van der Waals surface area (Å²) >= 11 is 0. The highest BCUT2D eigenvalue weighted by atomic mass is 31.2. The number of hydrogen-bond donors (Lipinski definition) is 8. The number of carbonyl (C=O) groups excluding carboxylic acids is 1. The van der Waals surface area contributed by atoms with E-state index in [4.69, 9.17) is 9.05 Å². The molecule has 13 heteroatoms. The van der Waals surface area contributed by atoms with Gasteiger partial charge in [-0.15, -0.1) is 0 Å². The van der Waals surface area contributed by atoms with Crippen LogP contribution in [0.5, 0.6) is 0 Å². The van der Waals surface area contributed by atoms with Crippen molar-refractivity contribution in [1.82, 2.24) is 5.32 Å². The second-order valence-electron chi connectivity index (χ2n) is 23.3. The molecule has 0 aromatic heterocycles. The zero-order valence-corrected chi connectivity index (χ0v) is 49.8. The van der Waals surface area contributed by atoms with Crippen molar-refractivity contribution in [3.05, 3.63) is 0 Å². The number of phosphoric ester groups is 1. The molecular formula is C62H124NO11P. The van der Waals surface area contributed by atoms with Crippen molar-refractivity contribution < 1.29 is 53.9 Å². The molecule has 12 nitrogen and oxygen atoms in total. The van der Waals surface area contributed by atoms with Crippen LogP contribution in [0.2, 0.25) is 0 Å². The normalized spacial score (nSPS) is 20.6. The molecule has 1 amide bonds. The third kappa shape index (κ3) is 41.9. The van der Waals surface area contributed by atoms with Crippen molar-refractivity contribution >= 4 is 13.7 Å². The second kappa shape index (κ2) is 51.5. The minimum atomic E-state index is -5.06. The molecule has 6 unspecified atom stereocenters. The van der Waals surface area contributed by atoms with Crippen LogP contribution in [-0.2, 0) is 18.4 Å². The summed E-state index contributed by atoms with van der Waals surface area (Å²) in [7, 11) is -5.06. The maximum Gasteiger partial charge on any atom is 0.472 e. The number of amides is 1. The van der Waals surface area contributed by atoms with Crippen molar-refractivity contribution in [1.29, 1.82) is 0 Å². The maximum atomic E-state index is 13.1. The number of rotatable bonds is 57. The number of carbonyl (C=O) groups is 1. The molecule has 75 heavy (non-hydrogen) atoms. The van der Waals surface area contributed by atoms with E-state index in [1.165, 1.54) is 257 Å². The zero-order chi connectivity index (χ0) is 54.9. The molecule has 0 aromatic carbocycles. The molecule has 1 aliphatic rings. The van der Waals surface area contributed by atoms with Crippen molar-refractivity contribution in [2.24, 2.45) is 0 Å². The molecule has 1 aliphatic carbocycles. The van der Waals surface area contributed by atoms with Gasteiger partial charge < -0.3 is 40.8 Å². The number of phosphoric acid groups is 1. The molecule has 0 aromatic rings. The molecule has 1 saturated carbocycles. The fourth-order valence-electron chi connectivity index (χ4n) is 11.0. The van der Waals surface area contributed by atoms with Crippen LogP contribution in [0.1, 0.15) is 335 Å². The number of aliphatic hydroxyl groups excluding tert-OH is 6. The van der Waals surface area contributed by atoms with Crippen LogP contribution in [0.15, 0.2) is 0 Å². The van der Waals surface area contributed by atoms with Crippen LogP contribution < -0.4 is 5.32 Å². The minimum absolute atomic E-state index is 0.244. The summed E-state index contributed by atoms with van der Waals surface area (Å²) in [6.07, 6.45) is 50.3. The first-order chi connectivity index (χ1) is 36.4. The van der Waals surface area contributed by atoms with E-state index in [1.807, 2.05) is 0 Å². The number of nitrogens with one attached hydrogen (secondary N) is 1. The van der Waals surface area contributed by atoms with Crippen LogP contribution in [0, 0.1) is 0 Å². The average molecular weight is 1090 g/mol. The van der Waals surface area contributed by atoms with Gasteiger partial charge in [0.15, 0.2) is 0 Å². The van der Waals surface area contributed by atoms with Crippen molar-refractivity contribution in [2.75, 3.05) is 6.61 Å². The lowest BCUT2D eigenvalue weighted by molar-refractivity contribution is -0.220. The fraction of sp³-hybridized carbons (Fsp3) is 0.984. The smallest absolute Gasteiger partial charge is 0.391 e. The standard InChI is InChI=1S/C62H124NO11P/c1-3-5-7-9-11-13-15-17-19-20-21-22-23-24-25-26-27-28-29-30-31-32-33-34-35-36-38-40-42-44-46-48-50-52-56(65)63-54(53-73-75(71,72)74-62-60(69)58(67)57(66)59(68)61(62)70)55(64)51-49-47-45-43-41-39-37-18-16-14-12-10-8-6-4-2/h54-55,57-62,64,66-70H,3-53H2,1-2H3,(H,63,65)(H,71,72)/t54-,55+,57?,58+,59?,60?,61?,62?/m0/s1. The van der Waals surface area contributed by atoms with E-state index < -0.39 is 63.2 Å². The molecule has 0 aliphatic heterocycles. The first kappa shape index (κ1) is 72.4. The quantitative estimate of drug-likeness (QED) is 0.0212. The highest BCUT2D eigenvalue weighted by molar-refractivity contribution is 7.47. The van der Waals surface area contributed by atoms with Gasteiger partial charge in [0.05, 0.1) is 18.8 Å². The largest absolute Gasteiger partial charge is 0.472 e. The van der Waals surface area contributed by atoms with Gasteiger partial charge in [0.25, 0.3) is 0 Å². The molecule has 0 bridgehead atoms. The van der Waals surface area contributed by atoms with E-state index >= 15 is 0 Å². The number of hydrogen-bond acceptors (Lipinski definition) is 10. The topological polar surface area (TPSA) is 206 Å². The van der Waals surface area contributed by atoms with Crippen molar-refractivity contribution in [3.8, 4) is 0 Å². The van der Waals surface area contributed by atoms with E-state index in [1.54, 1.807) is 0 Å². The number of aliphatic hydroxyl groups is 6. The number of unbranched alkanes of at least 4 members (excludes halogenated alkanes) is 46. The highest BCUT2D eigenvalue weighted by Crippen LogP contribution is 2.47. The summed E-state index contributed by atoms with van der Waals surface area (Å²) in [6.45, 7) is 3.95. The Hall–Kier alpha value is -0.660. The molecule has 8 N–H and O–H groups in total. The van der Waals surface area contributed by atoms with Crippen LogP contribution in [-0.4, -0.2) is 96.8 Å². The fourth-order valence-corrected chi connectivity index (χ4v) is 11.9. The van der Waals surface area contributed by atoms with Gasteiger partial charge in [-0.1, -0.05) is 316 Å². The maximum absolute atomic E-state index is 13.1. The van der Waals surface area contributed by atoms with E-state index in [0.717, 1.165) is 38.5 Å². The van der Waals surface area contributed by atoms with Crippen LogP contribution >= 0.6 is 7.82 Å². The molecule has 9 atom stereocenters. The minimum Gasteiger partial charge on any atom is -0.391 e. The Bertz CT molecular complexity index is 1270. The summed E-state index contributed by atoms with van der Waals surface area (Å²) in [4.78, 5) is 23.6. The highest BCUT2D eigenvalue weighted by Gasteiger charge is 2.51. The monoisotopic (exact) mass is 1090 g/mol. The van der Waals surface area contributed by atoms with Crippen molar-refractivity contribution in [2.45, 2.75) is 384 Å². The first-order valence-corrected chi connectivity index (χ1v) is 34.0. The molecule has 0 radical (unpaired) electrons. The van der Waals surface area contributed by atoms with Crippen molar-refractivity contribution in [3.63, 3.8) is 0 Å². The van der Waals surface area contributed by atoms with Gasteiger partial charge in [-0.2, -0.15) is 0 Å². The predicted molar refractivity (Wildman–Crippen MR) is 311 cm³/mol. The van der Waals surface area contributed by atoms with E-state index in [0.29, 0.717) is 19.3 Å². The Morgan fingerprint density at radius 1 is 0.400 bits per heavy atom. The molecule has 0 spiro atoms. The third-order valence-corrected chi connectivity index (χ3v) is 17.2. The lowest BCUT2D eigenvalue weighted by Crippen LogP contribution is -2.64. The average Bonchev–Trinajstić information content (AvgIpc) is 3.40. The molecule has 448 valence electrons. The van der Waals surface area contributed by atoms with Gasteiger partial charge in [0.2, 0.25) is 5.91 Å². The second-order valence-corrected chi connectivity index (χ2v) is 24.7. The van der Waals surface area contributed by atoms with Gasteiger partial charge >= 0.3 is 7.82 Å². The molecule has 1 fully saturated rings. The molecule has 0 heterocycles. The van der Waals surface area contributed by atoms with Crippen LogP contribution in [0.4, 0.5) is 0 Å². The Balaban J connectivity index is 2.17. The predicted octanol–water partition coefficient (Wildman–Crippen LogP) is 15.7. The first-order valence-electron chi connectivity index (χ1n) is 32.5. The van der Waals surface area contributed by atoms with Crippen LogP contribution in [0.3, 0.4) is 0 Å². The molecule has 0 saturated heterocycles. The Morgan fingerprint density at radius 2 is 0.640 bits per heavy atom. The molecule has 1 rings (SSSR count). The van der Waals surface area contributed by atoms with Gasteiger partial charge in [0.1, 0.15) is 36.6 Å². The van der Waals surface area contributed by atoms with E-state index in [-0.39, 0.29) is 12.3 Å². The lowest BCUT2D eigenvalue weighted by Gasteiger charge is -2.41. The third-order valence-electron chi connectivity index (χ3n) is 16.2. The van der Waals surface area contributed by atoms with E-state index in [9.17, 15) is 44.9 Å². The Morgan fingerprint density at radius 3 is 0.920 bits per heavy atom. The summed E-state index contributed by atoms with van der Waals surface area (Å²) in [5.41, 5.74) is 0.